The number of nitrogens with one attached hydrogen (secondary N) is 2. The summed E-state index contributed by atoms with van der Waals surface area (Å²) in [5.74, 6) is 0. The smallest absolute Gasteiger partial charge is 0.319 e. The van der Waals surface area contributed by atoms with E-state index in [1.54, 1.807) is 0 Å². The summed E-state index contributed by atoms with van der Waals surface area (Å²) in [6.45, 7) is 0.520. The van der Waals surface area contributed by atoms with Gasteiger partial charge in [-0.05, 0) is 6.08 Å². The monoisotopic (exact) mass is 97.0 g/mol. The lowest BCUT2D eigenvalue weighted by molar-refractivity contribution is 0.244. The maximum absolute atomic E-state index is 10.2. The van der Waals surface area contributed by atoms with Gasteiger partial charge in [0.15, 0.2) is 0 Å². The largest absolute Gasteiger partial charge is 0.334 e. The SMILES string of the molecule is O=C1NC=[C]CN1. The summed E-state index contributed by atoms with van der Waals surface area (Å²) in [5.41, 5.74) is 0. The van der Waals surface area contributed by atoms with E-state index in [1.165, 1.54) is 6.20 Å². The molecule has 1 aliphatic rings. The maximum atomic E-state index is 10.2. The summed E-state index contributed by atoms with van der Waals surface area (Å²) < 4.78 is 0. The molecule has 3 nitrogen and oxygen atoms in total. The molecule has 0 aromatic heterocycles. The van der Waals surface area contributed by atoms with Crippen LogP contribution < -0.4 is 10.6 Å². The van der Waals surface area contributed by atoms with Gasteiger partial charge in [-0.15, -0.1) is 0 Å². The Morgan fingerprint density at radius 1 is 1.86 bits per heavy atom. The van der Waals surface area contributed by atoms with Gasteiger partial charge in [0.2, 0.25) is 0 Å². The summed E-state index contributed by atoms with van der Waals surface area (Å²) in [7, 11) is 0. The lowest BCUT2D eigenvalue weighted by Crippen LogP contribution is -2.35. The minimum atomic E-state index is -0.154. The zero-order valence-corrected chi connectivity index (χ0v) is 3.69. The summed E-state index contributed by atoms with van der Waals surface area (Å²) in [4.78, 5) is 10.2. The molecule has 2 amide bonds. The molecule has 1 rings (SSSR count). The topological polar surface area (TPSA) is 41.1 Å². The lowest BCUT2D eigenvalue weighted by atomic mass is 10.5. The fourth-order valence-electron chi connectivity index (χ4n) is 0.350. The summed E-state index contributed by atoms with van der Waals surface area (Å²) in [5, 5.41) is 4.89. The van der Waals surface area contributed by atoms with Crippen molar-refractivity contribution in [3.63, 3.8) is 0 Å². The first-order valence-corrected chi connectivity index (χ1v) is 1.99. The van der Waals surface area contributed by atoms with Gasteiger partial charge in [0.05, 0.1) is 0 Å². The molecule has 37 valence electrons. The first-order valence-electron chi connectivity index (χ1n) is 1.99. The van der Waals surface area contributed by atoms with Crippen LogP contribution in [0.1, 0.15) is 0 Å². The zero-order valence-electron chi connectivity index (χ0n) is 3.69. The highest BCUT2D eigenvalue weighted by Crippen LogP contribution is 1.72. The van der Waals surface area contributed by atoms with Gasteiger partial charge in [-0.25, -0.2) is 4.79 Å². The van der Waals surface area contributed by atoms with Crippen LogP contribution in [0.15, 0.2) is 6.20 Å². The number of hydrogen-bond acceptors (Lipinski definition) is 1. The average molecular weight is 97.1 g/mol. The van der Waals surface area contributed by atoms with E-state index in [0.717, 1.165) is 0 Å². The van der Waals surface area contributed by atoms with E-state index in [9.17, 15) is 4.79 Å². The molecule has 1 heterocycles. The third kappa shape index (κ3) is 0.924. The Morgan fingerprint density at radius 2 is 2.71 bits per heavy atom. The molecule has 1 aliphatic heterocycles. The highest BCUT2D eigenvalue weighted by atomic mass is 16.2. The molecule has 0 spiro atoms. The maximum Gasteiger partial charge on any atom is 0.319 e. The van der Waals surface area contributed by atoms with Crippen LogP contribution in [0.2, 0.25) is 0 Å². The van der Waals surface area contributed by atoms with E-state index in [4.69, 9.17) is 0 Å². The van der Waals surface area contributed by atoms with Gasteiger partial charge in [0.25, 0.3) is 0 Å². The van der Waals surface area contributed by atoms with Crippen molar-refractivity contribution in [2.45, 2.75) is 0 Å². The standard InChI is InChI=1S/C4H5N2O/c7-4-5-2-1-3-6-4/h2H,3H2,(H2,5,6,7). The number of hydrogen-bond donors (Lipinski definition) is 2. The van der Waals surface area contributed by atoms with E-state index >= 15 is 0 Å². The zero-order chi connectivity index (χ0) is 5.11. The molecule has 0 fully saturated rings. The predicted molar refractivity (Wildman–Crippen MR) is 24.3 cm³/mol. The molecule has 0 aromatic rings. The van der Waals surface area contributed by atoms with Crippen molar-refractivity contribution in [2.24, 2.45) is 0 Å². The predicted octanol–water partition coefficient (Wildman–Crippen LogP) is -0.384. The Balaban J connectivity index is 2.47. The van der Waals surface area contributed by atoms with E-state index in [1.807, 2.05) is 0 Å². The first-order chi connectivity index (χ1) is 3.39. The molecular weight excluding hydrogens is 92.1 g/mol. The van der Waals surface area contributed by atoms with Gasteiger partial charge in [-0.3, -0.25) is 0 Å². The van der Waals surface area contributed by atoms with Gasteiger partial charge in [-0.1, -0.05) is 0 Å². The molecule has 0 bridgehead atoms. The highest BCUT2D eigenvalue weighted by Gasteiger charge is 1.96. The van der Waals surface area contributed by atoms with Gasteiger partial charge >= 0.3 is 6.03 Å². The van der Waals surface area contributed by atoms with Crippen molar-refractivity contribution in [3.8, 4) is 0 Å². The molecule has 1 radical (unpaired) electrons. The minimum Gasteiger partial charge on any atom is -0.334 e. The van der Waals surface area contributed by atoms with Gasteiger partial charge in [0, 0.05) is 12.7 Å². The number of rotatable bonds is 0. The van der Waals surface area contributed by atoms with Crippen molar-refractivity contribution in [2.75, 3.05) is 6.54 Å². The molecule has 2 N–H and O–H groups in total. The van der Waals surface area contributed by atoms with E-state index in [-0.39, 0.29) is 6.03 Å². The fraction of sp³-hybridized carbons (Fsp3) is 0.250. The van der Waals surface area contributed by atoms with Crippen molar-refractivity contribution in [1.82, 2.24) is 10.6 Å². The third-order valence-electron chi connectivity index (χ3n) is 0.656. The van der Waals surface area contributed by atoms with Gasteiger partial charge in [0.1, 0.15) is 0 Å². The number of urea groups is 1. The normalized spacial score (nSPS) is 18.0. The Kier molecular flexibility index (Phi) is 0.978. The lowest BCUT2D eigenvalue weighted by Gasteiger charge is -2.03. The van der Waals surface area contributed by atoms with Crippen LogP contribution in [0.25, 0.3) is 0 Å². The number of carbonyl (C=O) groups excluding carboxylic acids is 1. The quantitative estimate of drug-likeness (QED) is 0.425. The van der Waals surface area contributed by atoms with Crippen molar-refractivity contribution in [1.29, 1.82) is 0 Å². The summed E-state index contributed by atoms with van der Waals surface area (Å²) in [6, 6.07) is -0.154. The number of amides is 2. The Labute approximate surface area is 41.4 Å². The van der Waals surface area contributed by atoms with Crippen molar-refractivity contribution >= 4 is 6.03 Å². The highest BCUT2D eigenvalue weighted by molar-refractivity contribution is 5.75. The molecule has 3 heteroatoms. The second-order valence-corrected chi connectivity index (χ2v) is 1.18. The molecular formula is C4H5N2O. The van der Waals surface area contributed by atoms with Crippen LogP contribution in [0.3, 0.4) is 0 Å². The molecule has 0 aliphatic carbocycles. The molecule has 0 atom stereocenters. The summed E-state index contributed by atoms with van der Waals surface area (Å²) in [6.07, 6.45) is 4.25. The Morgan fingerprint density at radius 3 is 3.00 bits per heavy atom. The van der Waals surface area contributed by atoms with Crippen LogP contribution in [0.5, 0.6) is 0 Å². The van der Waals surface area contributed by atoms with Crippen molar-refractivity contribution in [3.05, 3.63) is 12.3 Å². The molecule has 0 aromatic carbocycles. The molecule has 0 saturated heterocycles. The van der Waals surface area contributed by atoms with Crippen LogP contribution in [-0.2, 0) is 0 Å². The van der Waals surface area contributed by atoms with E-state index in [0.29, 0.717) is 6.54 Å². The molecule has 7 heavy (non-hydrogen) atoms. The second kappa shape index (κ2) is 1.64. The Bertz CT molecular complexity index is 108. The molecule has 0 saturated carbocycles. The van der Waals surface area contributed by atoms with Crippen molar-refractivity contribution < 1.29 is 4.79 Å². The van der Waals surface area contributed by atoms with Gasteiger partial charge in [-0.2, -0.15) is 0 Å². The third-order valence-corrected chi connectivity index (χ3v) is 0.656. The first kappa shape index (κ1) is 4.18. The number of carbonyl (C=O) groups is 1. The Hall–Kier alpha value is -0.990. The average Bonchev–Trinajstić information content (AvgIpc) is 1.69. The summed E-state index contributed by atoms with van der Waals surface area (Å²) >= 11 is 0. The minimum absolute atomic E-state index is 0.154. The van der Waals surface area contributed by atoms with Crippen LogP contribution in [0.4, 0.5) is 4.79 Å². The van der Waals surface area contributed by atoms with Crippen LogP contribution >= 0.6 is 0 Å². The fourth-order valence-corrected chi connectivity index (χ4v) is 0.350. The van der Waals surface area contributed by atoms with E-state index in [2.05, 4.69) is 16.7 Å². The molecule has 0 unspecified atom stereocenters. The van der Waals surface area contributed by atoms with Crippen LogP contribution in [-0.4, -0.2) is 12.6 Å². The van der Waals surface area contributed by atoms with Gasteiger partial charge < -0.3 is 10.6 Å². The van der Waals surface area contributed by atoms with Crippen LogP contribution in [0, 0.1) is 6.08 Å². The van der Waals surface area contributed by atoms with E-state index < -0.39 is 0 Å². The second-order valence-electron chi connectivity index (χ2n) is 1.18.